The van der Waals surface area contributed by atoms with Gasteiger partial charge in [-0.2, -0.15) is 0 Å². The van der Waals surface area contributed by atoms with E-state index in [1.807, 2.05) is 66.7 Å². The maximum absolute atomic E-state index is 9.36. The lowest BCUT2D eigenvalue weighted by Gasteiger charge is -2.10. The molecule has 0 radical (unpaired) electrons. The molecule has 0 amide bonds. The predicted molar refractivity (Wildman–Crippen MR) is 202 cm³/mol. The van der Waals surface area contributed by atoms with E-state index in [-0.39, 0.29) is 72.5 Å². The average Bonchev–Trinajstić information content (AvgIpc) is 3.92. The Morgan fingerprint density at radius 2 is 0.980 bits per heavy atom. The van der Waals surface area contributed by atoms with Gasteiger partial charge in [0.1, 0.15) is 22.3 Å². The molecule has 5 nitrogen and oxygen atoms in total. The summed E-state index contributed by atoms with van der Waals surface area (Å²) < 4.78 is 134. The van der Waals surface area contributed by atoms with Gasteiger partial charge >= 0.3 is 0 Å². The van der Waals surface area contributed by atoms with Gasteiger partial charge in [0.05, 0.1) is 19.2 Å². The van der Waals surface area contributed by atoms with Gasteiger partial charge < -0.3 is 8.83 Å². The molecule has 3 aromatic heterocycles. The van der Waals surface area contributed by atoms with E-state index in [1.54, 1.807) is 12.1 Å². The first-order valence-electron chi connectivity index (χ1n) is 22.5. The number of hydrogen-bond acceptors (Lipinski definition) is 5. The van der Waals surface area contributed by atoms with Gasteiger partial charge in [-0.1, -0.05) is 127 Å². The zero-order chi connectivity index (χ0) is 45.2. The summed E-state index contributed by atoms with van der Waals surface area (Å²) in [5.74, 6) is -0.801. The zero-order valence-corrected chi connectivity index (χ0v) is 25.7. The summed E-state index contributed by atoms with van der Waals surface area (Å²) in [6.45, 7) is 0. The van der Waals surface area contributed by atoms with E-state index in [1.165, 1.54) is 0 Å². The molecule has 3 heterocycles. The zero-order valence-electron chi connectivity index (χ0n) is 39.7. The van der Waals surface area contributed by atoms with Crippen LogP contribution in [0, 0.1) is 0 Å². The molecule has 0 spiro atoms. The predicted octanol–water partition coefficient (Wildman–Crippen LogP) is 12.0. The second-order valence-electron chi connectivity index (χ2n) is 11.4. The van der Waals surface area contributed by atoms with Crippen LogP contribution in [0.1, 0.15) is 19.2 Å². The molecule has 0 aliphatic heterocycles. The third-order valence-corrected chi connectivity index (χ3v) is 8.36. The van der Waals surface area contributed by atoms with Gasteiger partial charge in [0, 0.05) is 38.2 Å². The normalized spacial score (nSPS) is 15.5. The van der Waals surface area contributed by atoms with E-state index >= 15 is 0 Å². The Morgan fingerprint density at radius 3 is 1.78 bits per heavy atom. The smallest absolute Gasteiger partial charge is 0.164 e. The summed E-state index contributed by atoms with van der Waals surface area (Å²) in [6, 6.07) is 16.9. The van der Waals surface area contributed by atoms with Crippen LogP contribution in [0.25, 0.3) is 100 Å². The number of benzene rings is 7. The Morgan fingerprint density at radius 1 is 0.400 bits per heavy atom. The van der Waals surface area contributed by atoms with E-state index in [0.717, 1.165) is 22.3 Å². The Kier molecular flexibility index (Phi) is 3.99. The molecule has 0 N–H and O–H groups in total. The fraction of sp³-hybridized carbons (Fsp3) is 0. The van der Waals surface area contributed by atoms with Crippen molar-refractivity contribution >= 4 is 43.9 Å². The molecule has 0 fully saturated rings. The van der Waals surface area contributed by atoms with E-state index in [2.05, 4.69) is 9.97 Å². The van der Waals surface area contributed by atoms with Crippen molar-refractivity contribution in [1.29, 1.82) is 0 Å². The van der Waals surface area contributed by atoms with Gasteiger partial charge in [-0.15, -0.1) is 0 Å². The topological polar surface area (TPSA) is 65.0 Å². The van der Waals surface area contributed by atoms with E-state index in [4.69, 9.17) is 28.9 Å². The van der Waals surface area contributed by atoms with Crippen LogP contribution in [-0.2, 0) is 0 Å². The highest BCUT2D eigenvalue weighted by molar-refractivity contribution is 6.12. The van der Waals surface area contributed by atoms with Gasteiger partial charge in [-0.05, 0) is 58.5 Å². The molecule has 0 atom stereocenters. The Hall–Kier alpha value is -6.85. The van der Waals surface area contributed by atoms with Gasteiger partial charge in [0.25, 0.3) is 0 Å². The number of para-hydroxylation sites is 2. The van der Waals surface area contributed by atoms with E-state index in [0.29, 0.717) is 5.56 Å². The lowest BCUT2D eigenvalue weighted by molar-refractivity contribution is 0.668. The van der Waals surface area contributed by atoms with Crippen LogP contribution in [0.15, 0.2) is 172 Å². The van der Waals surface area contributed by atoms with Crippen molar-refractivity contribution in [3.8, 4) is 56.4 Å². The molecule has 5 heteroatoms. The average molecular weight is 656 g/mol. The van der Waals surface area contributed by atoms with Crippen LogP contribution >= 0.6 is 0 Å². The van der Waals surface area contributed by atoms with Crippen molar-refractivity contribution in [2.45, 2.75) is 0 Å². The molecule has 0 saturated carbocycles. The quantitative estimate of drug-likeness (QED) is 0.185. The molecule has 50 heavy (non-hydrogen) atoms. The minimum atomic E-state index is -0.637. The summed E-state index contributed by atoms with van der Waals surface area (Å²) in [5, 5.41) is -0.717. The minimum Gasteiger partial charge on any atom is -0.456 e. The SMILES string of the molecule is [2H]c1c([2H])c([2H])c2c(oc3c([2H])c(-c4nc(-c5ccc(-c6cccc(-c7ccccc7)c6)cc5)nc(-c5c([2H])c([2H])c([2H])c6oc7c([2H])c([2H])c([2H])c([2H])c7c56)n4)c([2H])c([2H])c32)c1[2H]. The van der Waals surface area contributed by atoms with E-state index < -0.39 is 84.6 Å². The molecular weight excluding hydrogens is 615 g/mol. The number of furan rings is 2. The molecule has 0 aliphatic carbocycles. The van der Waals surface area contributed by atoms with Crippen molar-refractivity contribution in [3.63, 3.8) is 0 Å². The second-order valence-corrected chi connectivity index (χ2v) is 11.4. The van der Waals surface area contributed by atoms with Crippen molar-refractivity contribution in [3.05, 3.63) is 163 Å². The Labute approximate surface area is 306 Å². The highest BCUT2D eigenvalue weighted by atomic mass is 16.3. The fourth-order valence-electron chi connectivity index (χ4n) is 5.99. The van der Waals surface area contributed by atoms with Crippen molar-refractivity contribution in [1.82, 2.24) is 15.0 Å². The fourth-order valence-corrected chi connectivity index (χ4v) is 5.99. The van der Waals surface area contributed by atoms with Crippen LogP contribution in [-0.4, -0.2) is 15.0 Å². The maximum Gasteiger partial charge on any atom is 0.164 e. The monoisotopic (exact) mass is 655 g/mol. The number of nitrogens with zero attached hydrogens (tertiary/aromatic N) is 3. The van der Waals surface area contributed by atoms with Crippen LogP contribution in [0.5, 0.6) is 0 Å². The van der Waals surface area contributed by atoms with Crippen LogP contribution in [0.4, 0.5) is 0 Å². The lowest BCUT2D eigenvalue weighted by atomic mass is 9.98. The molecule has 234 valence electrons. The van der Waals surface area contributed by atoms with Crippen LogP contribution < -0.4 is 0 Å². The Balaban J connectivity index is 1.26. The largest absolute Gasteiger partial charge is 0.456 e. The van der Waals surface area contributed by atoms with Gasteiger partial charge in [-0.3, -0.25) is 0 Å². The molecular formula is C45H27N3O2. The molecule has 10 aromatic rings. The first-order valence-corrected chi connectivity index (χ1v) is 15.5. The third-order valence-electron chi connectivity index (χ3n) is 8.36. The summed E-state index contributed by atoms with van der Waals surface area (Å²) in [6.07, 6.45) is 0. The summed E-state index contributed by atoms with van der Waals surface area (Å²) in [7, 11) is 0. The summed E-state index contributed by atoms with van der Waals surface area (Å²) >= 11 is 0. The molecule has 0 unspecified atom stereocenters. The van der Waals surface area contributed by atoms with E-state index in [9.17, 15) is 4.11 Å². The lowest BCUT2D eigenvalue weighted by Crippen LogP contribution is -2.00. The number of aromatic nitrogens is 3. The highest BCUT2D eigenvalue weighted by Gasteiger charge is 2.18. The molecule has 0 bridgehead atoms. The molecule has 10 rings (SSSR count). The standard InChI is InChI=1S/C45H27N3O2/c1-2-10-28(11-3-1)31-12-8-13-32(26-31)29-20-22-30(23-21-29)43-46-44(33-24-25-35-34-14-4-6-17-38(34)50-41(35)27-33)48-45(47-43)37-16-9-19-40-42(37)36-15-5-7-18-39(36)49-40/h1-27H/i4D,5D,6D,7D,9D,14D,15D,16D,17D,18D,19D,24D,25D,27D. The number of hydrogen-bond donors (Lipinski definition) is 0. The number of fused-ring (bicyclic) bond motifs is 6. The van der Waals surface area contributed by atoms with Crippen LogP contribution in [0.3, 0.4) is 0 Å². The molecule has 0 saturated heterocycles. The summed E-state index contributed by atoms with van der Waals surface area (Å²) in [4.78, 5) is 14.1. The minimum absolute atomic E-state index is 0.0667. The molecule has 0 aliphatic rings. The van der Waals surface area contributed by atoms with Gasteiger partial charge in [0.15, 0.2) is 17.5 Å². The summed E-state index contributed by atoms with van der Waals surface area (Å²) in [5.41, 5.74) is 2.21. The highest BCUT2D eigenvalue weighted by Crippen LogP contribution is 2.37. The first kappa shape index (κ1) is 17.5. The van der Waals surface area contributed by atoms with Gasteiger partial charge in [-0.25, -0.2) is 15.0 Å². The van der Waals surface area contributed by atoms with Crippen molar-refractivity contribution in [2.75, 3.05) is 0 Å². The van der Waals surface area contributed by atoms with Crippen molar-refractivity contribution in [2.24, 2.45) is 0 Å². The van der Waals surface area contributed by atoms with Crippen molar-refractivity contribution < 1.29 is 28.0 Å². The number of rotatable bonds is 5. The third kappa shape index (κ3) is 4.75. The first-order chi connectivity index (χ1) is 30.6. The maximum atomic E-state index is 9.36. The second kappa shape index (κ2) is 11.4. The van der Waals surface area contributed by atoms with Gasteiger partial charge in [0.2, 0.25) is 0 Å². The molecule has 7 aromatic carbocycles. The Bertz CT molecular complexity index is 3670. The van der Waals surface area contributed by atoms with Crippen LogP contribution in [0.2, 0.25) is 0 Å².